The molecule has 0 saturated carbocycles. The molecule has 1 fully saturated rings. The van der Waals surface area contributed by atoms with Crippen LogP contribution >= 0.6 is 11.8 Å². The number of carbonyl (C=O) groups is 4. The summed E-state index contributed by atoms with van der Waals surface area (Å²) >= 11 is 1.24. The molecule has 10 nitrogen and oxygen atoms in total. The van der Waals surface area contributed by atoms with Gasteiger partial charge in [-0.3, -0.25) is 19.3 Å². The number of nitrogens with zero attached hydrogens (tertiary/aromatic N) is 2. The SMILES string of the molecule is CC(C)C(=O)OCC1=C(C(=O)O)N2C(=O)[C@@H](NC(=O)C(N=O)c3ccccc3)[C@@H]2SC1. The minimum absolute atomic E-state index is 0.210. The van der Waals surface area contributed by atoms with E-state index in [-0.39, 0.29) is 24.0 Å². The molecule has 3 rings (SSSR count). The second-order valence-corrected chi connectivity index (χ2v) is 8.44. The largest absolute Gasteiger partial charge is 0.477 e. The number of amides is 2. The summed E-state index contributed by atoms with van der Waals surface area (Å²) in [6.45, 7) is 3.08. The Balaban J connectivity index is 1.73. The number of thioether (sulfide) groups is 1. The van der Waals surface area contributed by atoms with Gasteiger partial charge in [0.15, 0.2) is 6.04 Å². The topological polar surface area (TPSA) is 142 Å². The second kappa shape index (κ2) is 9.29. The van der Waals surface area contributed by atoms with Crippen LogP contribution in [0.15, 0.2) is 46.8 Å². The fraction of sp³-hybridized carbons (Fsp3) is 0.400. The van der Waals surface area contributed by atoms with Gasteiger partial charge in [0.25, 0.3) is 11.8 Å². The first kappa shape index (κ1) is 22.5. The second-order valence-electron chi connectivity index (χ2n) is 7.33. The number of carboxylic acid groups (broad SMARTS) is 1. The van der Waals surface area contributed by atoms with E-state index in [1.165, 1.54) is 11.8 Å². The van der Waals surface area contributed by atoms with Gasteiger partial charge in [-0.1, -0.05) is 49.4 Å². The number of nitroso groups, excluding NO2 is 1. The van der Waals surface area contributed by atoms with Gasteiger partial charge in [0.2, 0.25) is 0 Å². The van der Waals surface area contributed by atoms with E-state index in [2.05, 4.69) is 10.5 Å². The summed E-state index contributed by atoms with van der Waals surface area (Å²) < 4.78 is 5.12. The Morgan fingerprint density at radius 3 is 2.55 bits per heavy atom. The highest BCUT2D eigenvalue weighted by Crippen LogP contribution is 2.40. The third-order valence-electron chi connectivity index (χ3n) is 4.88. The first-order chi connectivity index (χ1) is 14.8. The zero-order chi connectivity index (χ0) is 22.7. The summed E-state index contributed by atoms with van der Waals surface area (Å²) in [6, 6.07) is 5.89. The average molecular weight is 447 g/mol. The maximum atomic E-state index is 12.7. The highest BCUT2D eigenvalue weighted by atomic mass is 32.2. The van der Waals surface area contributed by atoms with Crippen molar-refractivity contribution < 1.29 is 29.0 Å². The fourth-order valence-electron chi connectivity index (χ4n) is 3.25. The number of fused-ring (bicyclic) bond motifs is 1. The fourth-order valence-corrected chi connectivity index (χ4v) is 4.57. The normalized spacial score (nSPS) is 21.1. The molecule has 1 aromatic carbocycles. The van der Waals surface area contributed by atoms with Gasteiger partial charge in [-0.25, -0.2) is 4.79 Å². The highest BCUT2D eigenvalue weighted by Gasteiger charge is 2.54. The zero-order valence-corrected chi connectivity index (χ0v) is 17.6. The standard InChI is InChI=1S/C20H21N3O7S/c1-10(2)20(28)30-8-12-9-31-18-14(17(25)23(18)15(12)19(26)27)21-16(24)13(22-29)11-6-4-3-5-7-11/h3-7,10,13-14,18H,8-9H2,1-2H3,(H,21,24)(H,26,27)/t13?,14-,18+/m1/s1. The van der Waals surface area contributed by atoms with Crippen molar-refractivity contribution in [1.29, 1.82) is 0 Å². The number of rotatable bonds is 8. The Bertz CT molecular complexity index is 947. The molecule has 0 aliphatic carbocycles. The Morgan fingerprint density at radius 1 is 1.29 bits per heavy atom. The highest BCUT2D eigenvalue weighted by molar-refractivity contribution is 8.00. The Kier molecular flexibility index (Phi) is 6.74. The van der Waals surface area contributed by atoms with Crippen molar-refractivity contribution in [1.82, 2.24) is 10.2 Å². The minimum atomic E-state index is -1.32. The molecule has 1 saturated heterocycles. The third kappa shape index (κ3) is 4.46. The smallest absolute Gasteiger partial charge is 0.352 e. The first-order valence-corrected chi connectivity index (χ1v) is 10.6. The van der Waals surface area contributed by atoms with E-state index in [0.29, 0.717) is 11.1 Å². The van der Waals surface area contributed by atoms with Gasteiger partial charge in [-0.05, 0) is 5.56 Å². The Hall–Kier alpha value is -3.21. The molecule has 2 aliphatic heterocycles. The lowest BCUT2D eigenvalue weighted by Crippen LogP contribution is -2.70. The maximum absolute atomic E-state index is 12.7. The number of carbonyl (C=O) groups excluding carboxylic acids is 3. The van der Waals surface area contributed by atoms with Crippen LogP contribution in [0.2, 0.25) is 0 Å². The number of nitrogens with one attached hydrogen (secondary N) is 1. The van der Waals surface area contributed by atoms with Crippen molar-refractivity contribution in [2.24, 2.45) is 11.1 Å². The van der Waals surface area contributed by atoms with Crippen molar-refractivity contribution >= 4 is 35.5 Å². The molecular weight excluding hydrogens is 426 g/mol. The van der Waals surface area contributed by atoms with Crippen LogP contribution < -0.4 is 5.32 Å². The summed E-state index contributed by atoms with van der Waals surface area (Å²) in [5.41, 5.74) is 0.442. The number of benzene rings is 1. The molecule has 0 bridgehead atoms. The minimum Gasteiger partial charge on any atom is -0.477 e. The molecule has 3 atom stereocenters. The van der Waals surface area contributed by atoms with Crippen LogP contribution in [0.25, 0.3) is 0 Å². The monoisotopic (exact) mass is 447 g/mol. The van der Waals surface area contributed by atoms with Crippen molar-refractivity contribution in [3.8, 4) is 0 Å². The van der Waals surface area contributed by atoms with E-state index < -0.39 is 41.2 Å². The number of hydrogen-bond donors (Lipinski definition) is 2. The molecule has 2 heterocycles. The van der Waals surface area contributed by atoms with Crippen LogP contribution in [-0.4, -0.2) is 57.5 Å². The lowest BCUT2D eigenvalue weighted by atomic mass is 10.0. The predicted molar refractivity (Wildman–Crippen MR) is 110 cm³/mol. The van der Waals surface area contributed by atoms with Crippen molar-refractivity contribution in [3.05, 3.63) is 52.1 Å². The summed E-state index contributed by atoms with van der Waals surface area (Å²) in [4.78, 5) is 61.0. The number of β-lactam (4-membered cyclic amide) rings is 1. The van der Waals surface area contributed by atoms with E-state index in [1.54, 1.807) is 44.2 Å². The molecule has 1 aromatic rings. The van der Waals surface area contributed by atoms with Gasteiger partial charge in [-0.15, -0.1) is 16.7 Å². The molecule has 2 N–H and O–H groups in total. The van der Waals surface area contributed by atoms with Crippen molar-refractivity contribution in [2.45, 2.75) is 31.3 Å². The molecule has 0 spiro atoms. The van der Waals surface area contributed by atoms with Crippen LogP contribution in [0.1, 0.15) is 25.5 Å². The molecule has 11 heteroatoms. The summed E-state index contributed by atoms with van der Waals surface area (Å²) in [5.74, 6) is -3.31. The summed E-state index contributed by atoms with van der Waals surface area (Å²) in [6.07, 6.45) is 0. The van der Waals surface area contributed by atoms with Crippen LogP contribution in [0, 0.1) is 10.8 Å². The molecule has 0 aromatic heterocycles. The molecule has 164 valence electrons. The Morgan fingerprint density at radius 2 is 1.97 bits per heavy atom. The molecule has 2 amide bonds. The number of hydrogen-bond acceptors (Lipinski definition) is 8. The quantitative estimate of drug-likeness (QED) is 0.346. The molecule has 1 unspecified atom stereocenters. The number of carboxylic acids is 1. The van der Waals surface area contributed by atoms with Gasteiger partial charge in [0, 0.05) is 11.3 Å². The zero-order valence-electron chi connectivity index (χ0n) is 16.8. The van der Waals surface area contributed by atoms with Crippen LogP contribution in [-0.2, 0) is 23.9 Å². The molecule has 0 radical (unpaired) electrons. The molecule has 31 heavy (non-hydrogen) atoms. The van der Waals surface area contributed by atoms with Crippen molar-refractivity contribution in [2.75, 3.05) is 12.4 Å². The lowest BCUT2D eigenvalue weighted by Gasteiger charge is -2.49. The van der Waals surface area contributed by atoms with Gasteiger partial charge >= 0.3 is 11.9 Å². The summed E-state index contributed by atoms with van der Waals surface area (Å²) in [7, 11) is 0. The van der Waals surface area contributed by atoms with Crippen LogP contribution in [0.4, 0.5) is 0 Å². The van der Waals surface area contributed by atoms with E-state index in [0.717, 1.165) is 4.90 Å². The van der Waals surface area contributed by atoms with Gasteiger partial charge < -0.3 is 15.2 Å². The molecule has 2 aliphatic rings. The average Bonchev–Trinajstić information content (AvgIpc) is 2.76. The van der Waals surface area contributed by atoms with Crippen molar-refractivity contribution in [3.63, 3.8) is 0 Å². The Labute approximate surface area is 182 Å². The number of esters is 1. The number of aliphatic carboxylic acids is 1. The number of ether oxygens (including phenoxy) is 1. The van der Waals surface area contributed by atoms with Gasteiger partial charge in [0.05, 0.1) is 5.92 Å². The van der Waals surface area contributed by atoms with E-state index in [4.69, 9.17) is 4.74 Å². The third-order valence-corrected chi connectivity index (χ3v) is 6.22. The van der Waals surface area contributed by atoms with Gasteiger partial charge in [0.1, 0.15) is 23.7 Å². The van der Waals surface area contributed by atoms with E-state index >= 15 is 0 Å². The van der Waals surface area contributed by atoms with Gasteiger partial charge in [-0.2, -0.15) is 0 Å². The summed E-state index contributed by atoms with van der Waals surface area (Å²) in [5, 5.41) is 14.3. The van der Waals surface area contributed by atoms with Crippen LogP contribution in [0.3, 0.4) is 0 Å². The van der Waals surface area contributed by atoms with E-state index in [1.807, 2.05) is 0 Å². The molecular formula is C20H21N3O7S. The first-order valence-electron chi connectivity index (χ1n) is 9.50. The van der Waals surface area contributed by atoms with Crippen LogP contribution in [0.5, 0.6) is 0 Å². The van der Waals surface area contributed by atoms with E-state index in [9.17, 15) is 29.2 Å². The predicted octanol–water partition coefficient (Wildman–Crippen LogP) is 1.43. The maximum Gasteiger partial charge on any atom is 0.352 e. The lowest BCUT2D eigenvalue weighted by molar-refractivity contribution is -0.151.